The molecule has 340 valence electrons. The lowest BCUT2D eigenvalue weighted by Crippen LogP contribution is -2.15. The number of phenols is 1. The number of phenolic OH excluding ortho intramolecular Hbond substituents is 1. The van der Waals surface area contributed by atoms with Crippen LogP contribution < -0.4 is 10.6 Å². The zero-order chi connectivity index (χ0) is 46.6. The van der Waals surface area contributed by atoms with Crippen molar-refractivity contribution in [1.82, 2.24) is 15.0 Å². The van der Waals surface area contributed by atoms with Gasteiger partial charge < -0.3 is 15.7 Å². The summed E-state index contributed by atoms with van der Waals surface area (Å²) in [7, 11) is -19.2. The number of azo groups is 1. The molecule has 0 bridgehead atoms. The molecule has 5 aromatic carbocycles. The van der Waals surface area contributed by atoms with Crippen LogP contribution in [0.1, 0.15) is 0 Å². The average molecular weight is 1030 g/mol. The van der Waals surface area contributed by atoms with E-state index in [1.807, 2.05) is 0 Å². The largest absolute Gasteiger partial charge is 0.505 e. The molecule has 0 atom stereocenters. The summed E-state index contributed by atoms with van der Waals surface area (Å²) in [5.74, 6) is -2.31. The highest BCUT2D eigenvalue weighted by atomic mass is 35.5. The van der Waals surface area contributed by atoms with E-state index in [-0.39, 0.29) is 54.5 Å². The van der Waals surface area contributed by atoms with Gasteiger partial charge in [-0.1, -0.05) is 28.3 Å². The number of sulfone groups is 1. The maximum Gasteiger partial charge on any atom is 0.397 e. The lowest BCUT2D eigenvalue weighted by atomic mass is 10.1. The second kappa shape index (κ2) is 19.6. The first kappa shape index (κ1) is 48.5. The van der Waals surface area contributed by atoms with Gasteiger partial charge in [0.1, 0.15) is 21.2 Å². The molecule has 0 unspecified atom stereocenters. The molecule has 0 spiro atoms. The van der Waals surface area contributed by atoms with Gasteiger partial charge >= 0.3 is 10.4 Å². The van der Waals surface area contributed by atoms with Crippen LogP contribution in [0.5, 0.6) is 5.75 Å². The molecule has 0 saturated heterocycles. The van der Waals surface area contributed by atoms with Gasteiger partial charge in [-0.3, -0.25) is 13.7 Å². The monoisotopic (exact) mass is 1020 g/mol. The zero-order valence-electron chi connectivity index (χ0n) is 30.9. The topological polar surface area (TPSA) is 392 Å². The molecule has 0 saturated carbocycles. The summed E-state index contributed by atoms with van der Waals surface area (Å²) in [5, 5.41) is 48.3. The van der Waals surface area contributed by atoms with Crippen LogP contribution in [-0.4, -0.2) is 90.3 Å². The Balaban J connectivity index is 1.36. The van der Waals surface area contributed by atoms with Gasteiger partial charge in [0, 0.05) is 26.7 Å². The maximum atomic E-state index is 13.0. The van der Waals surface area contributed by atoms with Crippen molar-refractivity contribution in [2.75, 3.05) is 23.0 Å². The number of hydrogen-bond donors (Lipinski definition) is 8. The Hall–Kier alpha value is -4.98. The van der Waals surface area contributed by atoms with Gasteiger partial charge in [0.2, 0.25) is 17.2 Å². The fraction of sp³-hybridized carbons (Fsp3) is 0.0645. The summed E-state index contributed by atoms with van der Waals surface area (Å²) in [6, 6.07) is 14.7. The molecule has 0 fully saturated rings. The third-order valence-electron chi connectivity index (χ3n) is 8.13. The van der Waals surface area contributed by atoms with E-state index in [2.05, 4.69) is 58.7 Å². The molecule has 33 heteroatoms. The van der Waals surface area contributed by atoms with Crippen molar-refractivity contribution in [2.45, 2.75) is 24.5 Å². The van der Waals surface area contributed by atoms with Crippen molar-refractivity contribution in [3.8, 4) is 5.75 Å². The van der Waals surface area contributed by atoms with Gasteiger partial charge in [0.05, 0.1) is 51.9 Å². The number of anilines is 4. The minimum Gasteiger partial charge on any atom is -0.505 e. The SMILES string of the molecule is O=S(=O)(O)OCCS(=O)(=O)c1ccc(Nc2nc(Cl)nc(Nc3ccc4c(O)c(N=Nc5ccc6c(SOOO)cccc6c5S(=O)(=O)O)c(SOOO)cc4c3S(=O)(=O)O)n2)cc1. The standard InChI is InChI=1S/C31H24ClN7O19S6/c32-29-35-30(33-15-4-6-16(7-5-15)61(43,44)13-12-54-64(51,52)53)37-31(36-29)34-21-10-9-18-20(28(21)63(48,49)50)14-24(60-58-56-42)25(26(18)40)39-38-22-11-8-17-19(27(22)62(45,46)47)2-1-3-23(17)59-57-55-41/h1-11,14,40-42H,12-13H2,(H,45,46,47)(H,48,49,50)(H,51,52,53)(H2,33,34,35,36,37). The molecular weight excluding hydrogens is 1000 g/mol. The van der Waals surface area contributed by atoms with Crippen LogP contribution in [0.2, 0.25) is 5.28 Å². The van der Waals surface area contributed by atoms with Crippen LogP contribution in [0.25, 0.3) is 21.5 Å². The highest BCUT2D eigenvalue weighted by Gasteiger charge is 2.27. The minimum atomic E-state index is -5.26. The van der Waals surface area contributed by atoms with Crippen molar-refractivity contribution in [2.24, 2.45) is 10.2 Å². The molecule has 0 aliphatic heterocycles. The van der Waals surface area contributed by atoms with Crippen molar-refractivity contribution in [3.63, 3.8) is 0 Å². The van der Waals surface area contributed by atoms with Crippen LogP contribution in [0, 0.1) is 0 Å². The van der Waals surface area contributed by atoms with Gasteiger partial charge in [-0.25, -0.2) is 23.1 Å². The highest BCUT2D eigenvalue weighted by Crippen LogP contribution is 2.47. The molecule has 6 rings (SSSR count). The summed E-state index contributed by atoms with van der Waals surface area (Å²) in [5.41, 5.74) is -1.23. The first-order valence-corrected chi connectivity index (χ1v) is 24.3. The Labute approximate surface area is 372 Å². The van der Waals surface area contributed by atoms with Gasteiger partial charge in [0.15, 0.2) is 15.6 Å². The Kier molecular flexibility index (Phi) is 14.9. The number of halogens is 1. The van der Waals surface area contributed by atoms with Crippen molar-refractivity contribution >= 4 is 132 Å². The smallest absolute Gasteiger partial charge is 0.397 e. The van der Waals surface area contributed by atoms with Crippen molar-refractivity contribution in [3.05, 3.63) is 78.1 Å². The van der Waals surface area contributed by atoms with E-state index < -0.39 is 102 Å². The number of benzene rings is 5. The number of aromatic nitrogens is 3. The van der Waals surface area contributed by atoms with Crippen LogP contribution in [0.15, 0.2) is 108 Å². The second-order valence-electron chi connectivity index (χ2n) is 12.1. The molecule has 0 aliphatic carbocycles. The number of hydrogen-bond acceptors (Lipinski definition) is 25. The first-order chi connectivity index (χ1) is 30.1. The van der Waals surface area contributed by atoms with Gasteiger partial charge in [-0.2, -0.15) is 40.2 Å². The number of aromatic hydroxyl groups is 1. The summed E-state index contributed by atoms with van der Waals surface area (Å²) < 4.78 is 140. The normalized spacial score (nSPS) is 12.7. The number of nitrogens with one attached hydrogen (secondary N) is 2. The summed E-state index contributed by atoms with van der Waals surface area (Å²) in [4.78, 5) is 9.92. The van der Waals surface area contributed by atoms with Crippen LogP contribution >= 0.6 is 35.7 Å². The molecule has 1 aromatic heterocycles. The summed E-state index contributed by atoms with van der Waals surface area (Å²) in [6.45, 7) is -0.850. The summed E-state index contributed by atoms with van der Waals surface area (Å²) in [6.07, 6.45) is 0. The lowest BCUT2D eigenvalue weighted by Gasteiger charge is -2.15. The van der Waals surface area contributed by atoms with Gasteiger partial charge in [-0.05, 0) is 71.6 Å². The fourth-order valence-corrected chi connectivity index (χ4v) is 9.99. The molecule has 0 aliphatic rings. The molecule has 26 nitrogen and oxygen atoms in total. The number of fused-ring (bicyclic) bond motifs is 2. The van der Waals surface area contributed by atoms with Gasteiger partial charge in [0.25, 0.3) is 20.2 Å². The number of rotatable bonds is 19. The quantitative estimate of drug-likeness (QED) is 0.0143. The van der Waals surface area contributed by atoms with Crippen LogP contribution in [0.3, 0.4) is 0 Å². The Morgan fingerprint density at radius 1 is 0.672 bits per heavy atom. The van der Waals surface area contributed by atoms with E-state index in [1.165, 1.54) is 36.4 Å². The average Bonchev–Trinajstić information content (AvgIpc) is 3.20. The van der Waals surface area contributed by atoms with Crippen LogP contribution in [-0.2, 0) is 63.4 Å². The highest BCUT2D eigenvalue weighted by molar-refractivity contribution is 7.95. The lowest BCUT2D eigenvalue weighted by molar-refractivity contribution is -0.432. The molecule has 0 radical (unpaired) electrons. The Bertz CT molecular complexity index is 3260. The first-order valence-electron chi connectivity index (χ1n) is 16.5. The predicted molar refractivity (Wildman–Crippen MR) is 222 cm³/mol. The van der Waals surface area contributed by atoms with E-state index in [0.717, 1.165) is 36.4 Å². The molecule has 64 heavy (non-hydrogen) atoms. The third-order valence-corrected chi connectivity index (χ3v) is 13.6. The number of nitrogens with zero attached hydrogens (tertiary/aromatic N) is 5. The van der Waals surface area contributed by atoms with E-state index in [4.69, 9.17) is 26.7 Å². The molecule has 1 heterocycles. The van der Waals surface area contributed by atoms with E-state index in [1.54, 1.807) is 0 Å². The Morgan fingerprint density at radius 3 is 1.92 bits per heavy atom. The molecule has 6 aromatic rings. The fourth-order valence-electron chi connectivity index (χ4n) is 5.67. The minimum absolute atomic E-state index is 0.0892. The van der Waals surface area contributed by atoms with Crippen molar-refractivity contribution < 1.29 is 85.9 Å². The van der Waals surface area contributed by atoms with Gasteiger partial charge in [-0.15, -0.1) is 18.9 Å². The predicted octanol–water partition coefficient (Wildman–Crippen LogP) is 6.38. The molecule has 8 N–H and O–H groups in total. The van der Waals surface area contributed by atoms with E-state index in [0.29, 0.717) is 12.0 Å². The molecule has 0 amide bonds. The van der Waals surface area contributed by atoms with E-state index >= 15 is 0 Å². The van der Waals surface area contributed by atoms with Crippen LogP contribution in [0.4, 0.5) is 34.6 Å². The van der Waals surface area contributed by atoms with E-state index in [9.17, 15) is 47.9 Å². The second-order valence-corrected chi connectivity index (χ2v) is 19.8. The zero-order valence-corrected chi connectivity index (χ0v) is 36.6. The molecular formula is C31H24ClN7O19S6. The van der Waals surface area contributed by atoms with Crippen molar-refractivity contribution in [1.29, 1.82) is 0 Å². The third kappa shape index (κ3) is 11.6. The summed E-state index contributed by atoms with van der Waals surface area (Å²) >= 11 is 6.76. The Morgan fingerprint density at radius 2 is 1.30 bits per heavy atom. The maximum absolute atomic E-state index is 13.0.